The van der Waals surface area contributed by atoms with Gasteiger partial charge in [0.05, 0.1) is 4.90 Å². The summed E-state index contributed by atoms with van der Waals surface area (Å²) in [5.41, 5.74) is 6.39. The van der Waals surface area contributed by atoms with Crippen molar-refractivity contribution in [1.82, 2.24) is 4.72 Å². The molecule has 18 heavy (non-hydrogen) atoms. The molecule has 0 aliphatic heterocycles. The van der Waals surface area contributed by atoms with Gasteiger partial charge in [-0.25, -0.2) is 13.1 Å². The van der Waals surface area contributed by atoms with Gasteiger partial charge in [0, 0.05) is 16.6 Å². The molecule has 1 aromatic carbocycles. The van der Waals surface area contributed by atoms with Crippen molar-refractivity contribution in [3.8, 4) is 0 Å². The van der Waals surface area contributed by atoms with Gasteiger partial charge in [0.2, 0.25) is 10.0 Å². The number of nitrogens with one attached hydrogen (secondary N) is 1. The molecule has 1 aliphatic rings. The second-order valence-corrected chi connectivity index (χ2v) is 7.60. The summed E-state index contributed by atoms with van der Waals surface area (Å²) >= 11 is 3.29. The van der Waals surface area contributed by atoms with Crippen molar-refractivity contribution < 1.29 is 8.42 Å². The lowest BCUT2D eigenvalue weighted by Crippen LogP contribution is -2.54. The van der Waals surface area contributed by atoms with Crippen molar-refractivity contribution in [2.75, 3.05) is 6.54 Å². The average Bonchev–Trinajstić information content (AvgIpc) is 2.27. The lowest BCUT2D eigenvalue weighted by Gasteiger charge is -2.38. The van der Waals surface area contributed by atoms with E-state index < -0.39 is 10.0 Å². The minimum absolute atomic E-state index is 0.305. The predicted octanol–water partition coefficient (Wildman–Crippen LogP) is 1.92. The Labute approximate surface area is 116 Å². The number of rotatable bonds is 4. The molecule has 4 nitrogen and oxygen atoms in total. The van der Waals surface area contributed by atoms with E-state index >= 15 is 0 Å². The summed E-state index contributed by atoms with van der Waals surface area (Å²) in [7, 11) is -3.48. The largest absolute Gasteiger partial charge is 0.324 e. The first-order valence-electron chi connectivity index (χ1n) is 5.87. The maximum absolute atomic E-state index is 12.2. The third-order valence-electron chi connectivity index (χ3n) is 3.40. The van der Waals surface area contributed by atoms with Crippen LogP contribution < -0.4 is 10.5 Å². The van der Waals surface area contributed by atoms with Crippen LogP contribution in [0.4, 0.5) is 0 Å². The van der Waals surface area contributed by atoms with Crippen LogP contribution in [0.2, 0.25) is 0 Å². The van der Waals surface area contributed by atoms with Gasteiger partial charge in [0.15, 0.2) is 0 Å². The van der Waals surface area contributed by atoms with Gasteiger partial charge < -0.3 is 5.73 Å². The molecule has 2 rings (SSSR count). The Hall–Kier alpha value is -0.430. The van der Waals surface area contributed by atoms with Crippen LogP contribution in [0.25, 0.3) is 0 Å². The van der Waals surface area contributed by atoms with Gasteiger partial charge in [-0.15, -0.1) is 0 Å². The Morgan fingerprint density at radius 2 is 2.11 bits per heavy atom. The average molecular weight is 333 g/mol. The summed E-state index contributed by atoms with van der Waals surface area (Å²) in [4.78, 5) is 0.305. The third-order valence-corrected chi connectivity index (χ3v) is 5.44. The SMILES string of the molecule is Cc1ccc(Br)cc1S(=O)(=O)NCC1(N)CCC1. The molecule has 1 aliphatic carbocycles. The first kappa shape index (κ1) is 14.0. The smallest absolute Gasteiger partial charge is 0.240 e. The van der Waals surface area contributed by atoms with E-state index in [4.69, 9.17) is 5.73 Å². The number of nitrogens with two attached hydrogens (primary N) is 1. The Kier molecular flexibility index (Phi) is 3.82. The van der Waals surface area contributed by atoms with Gasteiger partial charge in [-0.2, -0.15) is 0 Å². The Bertz CT molecular complexity index is 553. The van der Waals surface area contributed by atoms with Gasteiger partial charge in [-0.05, 0) is 43.9 Å². The second kappa shape index (κ2) is 4.92. The number of halogens is 1. The highest BCUT2D eigenvalue weighted by Crippen LogP contribution is 2.29. The van der Waals surface area contributed by atoms with Crippen LogP contribution in [0.3, 0.4) is 0 Å². The molecule has 0 spiro atoms. The molecule has 0 bridgehead atoms. The zero-order chi connectivity index (χ0) is 13.4. The van der Waals surface area contributed by atoms with Crippen LogP contribution in [-0.4, -0.2) is 20.5 Å². The number of sulfonamides is 1. The fraction of sp³-hybridized carbons (Fsp3) is 0.500. The number of benzene rings is 1. The molecule has 100 valence electrons. The number of hydrogen-bond acceptors (Lipinski definition) is 3. The molecule has 1 aromatic rings. The Morgan fingerprint density at radius 1 is 1.44 bits per heavy atom. The highest BCUT2D eigenvalue weighted by Gasteiger charge is 2.33. The zero-order valence-electron chi connectivity index (χ0n) is 10.2. The summed E-state index contributed by atoms with van der Waals surface area (Å²) in [6.45, 7) is 2.09. The number of hydrogen-bond donors (Lipinski definition) is 2. The van der Waals surface area contributed by atoms with Gasteiger partial charge in [-0.1, -0.05) is 22.0 Å². The molecule has 0 saturated heterocycles. The fourth-order valence-corrected chi connectivity index (χ4v) is 3.91. The first-order valence-corrected chi connectivity index (χ1v) is 8.15. The van der Waals surface area contributed by atoms with E-state index in [2.05, 4.69) is 20.7 Å². The summed E-state index contributed by atoms with van der Waals surface area (Å²) < 4.78 is 27.8. The highest BCUT2D eigenvalue weighted by molar-refractivity contribution is 9.10. The lowest BCUT2D eigenvalue weighted by molar-refractivity contribution is 0.251. The van der Waals surface area contributed by atoms with Gasteiger partial charge >= 0.3 is 0 Å². The molecule has 3 N–H and O–H groups in total. The molecule has 0 amide bonds. The van der Waals surface area contributed by atoms with Gasteiger partial charge in [-0.3, -0.25) is 0 Å². The van der Waals surface area contributed by atoms with Crippen LogP contribution in [0.5, 0.6) is 0 Å². The van der Waals surface area contributed by atoms with Crippen LogP contribution in [0, 0.1) is 6.92 Å². The molecule has 6 heteroatoms. The molecular weight excluding hydrogens is 316 g/mol. The van der Waals surface area contributed by atoms with Crippen molar-refractivity contribution in [2.24, 2.45) is 5.73 Å². The van der Waals surface area contributed by atoms with Crippen LogP contribution in [0.15, 0.2) is 27.6 Å². The highest BCUT2D eigenvalue weighted by atomic mass is 79.9. The molecule has 0 unspecified atom stereocenters. The van der Waals surface area contributed by atoms with Crippen molar-refractivity contribution in [1.29, 1.82) is 0 Å². The van der Waals surface area contributed by atoms with Crippen LogP contribution >= 0.6 is 15.9 Å². The molecule has 0 heterocycles. The maximum atomic E-state index is 12.2. The molecule has 1 saturated carbocycles. The van der Waals surface area contributed by atoms with Crippen molar-refractivity contribution in [2.45, 2.75) is 36.6 Å². The van der Waals surface area contributed by atoms with E-state index in [9.17, 15) is 8.42 Å². The van der Waals surface area contributed by atoms with Crippen molar-refractivity contribution in [3.05, 3.63) is 28.2 Å². The molecule has 0 atom stereocenters. The van der Waals surface area contributed by atoms with Gasteiger partial charge in [0.1, 0.15) is 0 Å². The Balaban J connectivity index is 2.17. The third kappa shape index (κ3) is 2.93. The van der Waals surface area contributed by atoms with Crippen LogP contribution in [-0.2, 0) is 10.0 Å². The molecule has 0 aromatic heterocycles. The van der Waals surface area contributed by atoms with E-state index in [0.717, 1.165) is 29.3 Å². The molecule has 1 fully saturated rings. The monoisotopic (exact) mass is 332 g/mol. The number of aryl methyl sites for hydroxylation is 1. The first-order chi connectivity index (χ1) is 8.32. The predicted molar refractivity (Wildman–Crippen MR) is 74.8 cm³/mol. The zero-order valence-corrected chi connectivity index (χ0v) is 12.6. The summed E-state index contributed by atoms with van der Waals surface area (Å²) in [6.07, 6.45) is 2.84. The van der Waals surface area contributed by atoms with Crippen molar-refractivity contribution in [3.63, 3.8) is 0 Å². The topological polar surface area (TPSA) is 72.2 Å². The van der Waals surface area contributed by atoms with E-state index in [-0.39, 0.29) is 5.54 Å². The second-order valence-electron chi connectivity index (χ2n) is 4.95. The van der Waals surface area contributed by atoms with E-state index in [1.165, 1.54) is 0 Å². The minimum Gasteiger partial charge on any atom is -0.324 e. The van der Waals surface area contributed by atoms with Crippen molar-refractivity contribution >= 4 is 26.0 Å². The van der Waals surface area contributed by atoms with E-state index in [0.29, 0.717) is 11.4 Å². The summed E-state index contributed by atoms with van der Waals surface area (Å²) in [5.74, 6) is 0. The lowest BCUT2D eigenvalue weighted by atomic mass is 9.78. The van der Waals surface area contributed by atoms with E-state index in [1.807, 2.05) is 6.07 Å². The summed E-state index contributed by atoms with van der Waals surface area (Å²) in [6, 6.07) is 5.21. The molecular formula is C12H17BrN2O2S. The Morgan fingerprint density at radius 3 is 2.67 bits per heavy atom. The maximum Gasteiger partial charge on any atom is 0.240 e. The minimum atomic E-state index is -3.48. The standard InChI is InChI=1S/C12H17BrN2O2S/c1-9-3-4-10(13)7-11(9)18(16,17)15-8-12(14)5-2-6-12/h3-4,7,15H,2,5-6,8,14H2,1H3. The fourth-order valence-electron chi connectivity index (χ4n) is 1.99. The quantitative estimate of drug-likeness (QED) is 0.884. The van der Waals surface area contributed by atoms with Gasteiger partial charge in [0.25, 0.3) is 0 Å². The summed E-state index contributed by atoms with van der Waals surface area (Å²) in [5, 5.41) is 0. The van der Waals surface area contributed by atoms with E-state index in [1.54, 1.807) is 19.1 Å². The molecule has 0 radical (unpaired) electrons. The van der Waals surface area contributed by atoms with Crippen LogP contribution in [0.1, 0.15) is 24.8 Å². The normalized spacial score (nSPS) is 18.4.